The first-order chi connectivity index (χ1) is 14.7. The number of nitrogens with one attached hydrogen (secondary N) is 1. The molecule has 3 rings (SSSR count). The highest BCUT2D eigenvalue weighted by molar-refractivity contribution is 5.94. The summed E-state index contributed by atoms with van der Waals surface area (Å²) in [6.45, 7) is 2.49. The van der Waals surface area contributed by atoms with Gasteiger partial charge in [0.05, 0.1) is 7.11 Å². The topological polar surface area (TPSA) is 66.0 Å². The largest absolute Gasteiger partial charge is 0.493 e. The molecular formula is C24H25NO5. The molecule has 0 aliphatic carbocycles. The summed E-state index contributed by atoms with van der Waals surface area (Å²) < 4.78 is 22.3. The lowest BCUT2D eigenvalue weighted by Crippen LogP contribution is -2.30. The normalized spacial score (nSPS) is 11.3. The van der Waals surface area contributed by atoms with E-state index in [9.17, 15) is 4.79 Å². The maximum atomic E-state index is 12.5. The molecule has 1 amide bonds. The van der Waals surface area contributed by atoms with Crippen molar-refractivity contribution in [1.82, 2.24) is 0 Å². The molecule has 30 heavy (non-hydrogen) atoms. The molecule has 1 unspecified atom stereocenters. The van der Waals surface area contributed by atoms with Gasteiger partial charge in [0, 0.05) is 11.8 Å². The Labute approximate surface area is 176 Å². The molecular weight excluding hydrogens is 382 g/mol. The van der Waals surface area contributed by atoms with E-state index in [1.54, 1.807) is 38.3 Å². The second kappa shape index (κ2) is 10.8. The van der Waals surface area contributed by atoms with Crippen molar-refractivity contribution in [2.45, 2.75) is 13.0 Å². The second-order valence-corrected chi connectivity index (χ2v) is 6.44. The first-order valence-corrected chi connectivity index (χ1v) is 9.67. The number of hydrogen-bond donors (Lipinski definition) is 1. The Morgan fingerprint density at radius 2 is 1.47 bits per heavy atom. The minimum atomic E-state index is -0.704. The molecule has 6 nitrogen and oxygen atoms in total. The number of carbonyl (C=O) groups excluding carboxylic acids is 1. The number of carbonyl (C=O) groups is 1. The zero-order valence-electron chi connectivity index (χ0n) is 17.0. The SMILES string of the molecule is COc1ccccc1OC(C)C(=O)Nc1cccc(OCCOc2ccccc2)c1. The van der Waals surface area contributed by atoms with E-state index in [-0.39, 0.29) is 5.91 Å². The van der Waals surface area contributed by atoms with Gasteiger partial charge in [-0.05, 0) is 43.3 Å². The van der Waals surface area contributed by atoms with Crippen LogP contribution in [-0.2, 0) is 4.79 Å². The molecule has 0 aliphatic rings. The fourth-order valence-corrected chi connectivity index (χ4v) is 2.70. The van der Waals surface area contributed by atoms with Crippen molar-refractivity contribution in [1.29, 1.82) is 0 Å². The quantitative estimate of drug-likeness (QED) is 0.499. The van der Waals surface area contributed by atoms with Gasteiger partial charge in [0.1, 0.15) is 24.7 Å². The lowest BCUT2D eigenvalue weighted by molar-refractivity contribution is -0.122. The third-order valence-corrected chi connectivity index (χ3v) is 4.21. The van der Waals surface area contributed by atoms with Crippen LogP contribution in [0.5, 0.6) is 23.0 Å². The van der Waals surface area contributed by atoms with Gasteiger partial charge in [0.15, 0.2) is 17.6 Å². The van der Waals surface area contributed by atoms with Crippen LogP contribution in [0.1, 0.15) is 6.92 Å². The Bertz CT molecular complexity index is 945. The maximum Gasteiger partial charge on any atom is 0.265 e. The lowest BCUT2D eigenvalue weighted by Gasteiger charge is -2.17. The number of methoxy groups -OCH3 is 1. The van der Waals surface area contributed by atoms with Crippen molar-refractivity contribution in [2.24, 2.45) is 0 Å². The van der Waals surface area contributed by atoms with Crippen molar-refractivity contribution in [3.05, 3.63) is 78.9 Å². The predicted molar refractivity (Wildman–Crippen MR) is 116 cm³/mol. The highest BCUT2D eigenvalue weighted by atomic mass is 16.5. The lowest BCUT2D eigenvalue weighted by atomic mass is 10.2. The first-order valence-electron chi connectivity index (χ1n) is 9.67. The highest BCUT2D eigenvalue weighted by Crippen LogP contribution is 2.27. The van der Waals surface area contributed by atoms with Crippen LogP contribution in [0.2, 0.25) is 0 Å². The van der Waals surface area contributed by atoms with Crippen LogP contribution in [0, 0.1) is 0 Å². The number of amides is 1. The number of benzene rings is 3. The average Bonchev–Trinajstić information content (AvgIpc) is 2.78. The molecule has 1 atom stereocenters. The molecule has 1 N–H and O–H groups in total. The number of rotatable bonds is 10. The van der Waals surface area contributed by atoms with Gasteiger partial charge in [-0.25, -0.2) is 0 Å². The number of hydrogen-bond acceptors (Lipinski definition) is 5. The summed E-state index contributed by atoms with van der Waals surface area (Å²) in [7, 11) is 1.56. The van der Waals surface area contributed by atoms with Gasteiger partial charge in [-0.1, -0.05) is 36.4 Å². The van der Waals surface area contributed by atoms with E-state index in [4.69, 9.17) is 18.9 Å². The van der Waals surface area contributed by atoms with Crippen LogP contribution in [-0.4, -0.2) is 32.3 Å². The van der Waals surface area contributed by atoms with Gasteiger partial charge >= 0.3 is 0 Å². The Hall–Kier alpha value is -3.67. The molecule has 0 saturated heterocycles. The van der Waals surface area contributed by atoms with Crippen LogP contribution in [0.3, 0.4) is 0 Å². The standard InChI is InChI=1S/C24H25NO5/c1-18(30-23-14-7-6-13-22(23)27-2)24(26)25-19-9-8-12-21(17-19)29-16-15-28-20-10-4-3-5-11-20/h3-14,17-18H,15-16H2,1-2H3,(H,25,26). The van der Waals surface area contributed by atoms with Gasteiger partial charge < -0.3 is 24.3 Å². The molecule has 0 heterocycles. The Morgan fingerprint density at radius 3 is 2.20 bits per heavy atom. The van der Waals surface area contributed by atoms with Gasteiger partial charge in [-0.15, -0.1) is 0 Å². The molecule has 0 aromatic heterocycles. The summed E-state index contributed by atoms with van der Waals surface area (Å²) in [5.41, 5.74) is 0.622. The molecule has 3 aromatic carbocycles. The van der Waals surface area contributed by atoms with Crippen molar-refractivity contribution in [3.8, 4) is 23.0 Å². The van der Waals surface area contributed by atoms with Crippen molar-refractivity contribution >= 4 is 11.6 Å². The van der Waals surface area contributed by atoms with Crippen LogP contribution >= 0.6 is 0 Å². The van der Waals surface area contributed by atoms with Crippen LogP contribution in [0.15, 0.2) is 78.9 Å². The third kappa shape index (κ3) is 6.17. The molecule has 156 valence electrons. The minimum absolute atomic E-state index is 0.273. The Balaban J connectivity index is 1.49. The highest BCUT2D eigenvalue weighted by Gasteiger charge is 2.17. The Kier molecular flexibility index (Phi) is 7.55. The van der Waals surface area contributed by atoms with Crippen LogP contribution < -0.4 is 24.3 Å². The monoisotopic (exact) mass is 407 g/mol. The summed E-state index contributed by atoms with van der Waals surface area (Å²) in [5, 5.41) is 2.84. The average molecular weight is 407 g/mol. The van der Waals surface area contributed by atoms with Crippen LogP contribution in [0.25, 0.3) is 0 Å². The molecule has 0 saturated carbocycles. The smallest absolute Gasteiger partial charge is 0.265 e. The van der Waals surface area contributed by atoms with E-state index < -0.39 is 6.10 Å². The second-order valence-electron chi connectivity index (χ2n) is 6.44. The fraction of sp³-hybridized carbons (Fsp3) is 0.208. The van der Waals surface area contributed by atoms with Crippen molar-refractivity contribution < 1.29 is 23.7 Å². The van der Waals surface area contributed by atoms with E-state index >= 15 is 0 Å². The Morgan fingerprint density at radius 1 is 0.833 bits per heavy atom. The zero-order valence-corrected chi connectivity index (χ0v) is 17.0. The first kappa shape index (κ1) is 21.0. The molecule has 0 aliphatic heterocycles. The van der Waals surface area contributed by atoms with E-state index in [0.29, 0.717) is 36.1 Å². The number of anilines is 1. The molecule has 0 spiro atoms. The van der Waals surface area contributed by atoms with E-state index in [1.165, 1.54) is 0 Å². The van der Waals surface area contributed by atoms with Crippen molar-refractivity contribution in [2.75, 3.05) is 25.6 Å². The summed E-state index contributed by atoms with van der Waals surface area (Å²) in [6, 6.07) is 24.0. The molecule has 3 aromatic rings. The number of para-hydroxylation sites is 3. The maximum absolute atomic E-state index is 12.5. The summed E-state index contributed by atoms with van der Waals surface area (Å²) in [5.74, 6) is 2.25. The third-order valence-electron chi connectivity index (χ3n) is 4.21. The zero-order chi connectivity index (χ0) is 21.2. The number of ether oxygens (including phenoxy) is 4. The summed E-state index contributed by atoms with van der Waals surface area (Å²) >= 11 is 0. The van der Waals surface area contributed by atoms with Gasteiger partial charge in [-0.3, -0.25) is 4.79 Å². The van der Waals surface area contributed by atoms with Crippen molar-refractivity contribution in [3.63, 3.8) is 0 Å². The van der Waals surface area contributed by atoms with E-state index in [0.717, 1.165) is 5.75 Å². The molecule has 0 bridgehead atoms. The molecule has 0 radical (unpaired) electrons. The predicted octanol–water partition coefficient (Wildman–Crippen LogP) is 4.56. The van der Waals surface area contributed by atoms with Crippen LogP contribution in [0.4, 0.5) is 5.69 Å². The van der Waals surface area contributed by atoms with E-state index in [1.807, 2.05) is 54.6 Å². The van der Waals surface area contributed by atoms with Gasteiger partial charge in [-0.2, -0.15) is 0 Å². The molecule has 6 heteroatoms. The minimum Gasteiger partial charge on any atom is -0.493 e. The van der Waals surface area contributed by atoms with Gasteiger partial charge in [0.2, 0.25) is 0 Å². The van der Waals surface area contributed by atoms with E-state index in [2.05, 4.69) is 5.32 Å². The van der Waals surface area contributed by atoms with Gasteiger partial charge in [0.25, 0.3) is 5.91 Å². The fourth-order valence-electron chi connectivity index (χ4n) is 2.70. The summed E-state index contributed by atoms with van der Waals surface area (Å²) in [4.78, 5) is 12.5. The summed E-state index contributed by atoms with van der Waals surface area (Å²) in [6.07, 6.45) is -0.704. The molecule has 0 fully saturated rings.